The van der Waals surface area contributed by atoms with Crippen LogP contribution in [0.2, 0.25) is 0 Å². The first-order chi connectivity index (χ1) is 8.27. The van der Waals surface area contributed by atoms with E-state index in [1.165, 1.54) is 0 Å². The van der Waals surface area contributed by atoms with E-state index in [1.54, 1.807) is 0 Å². The predicted octanol–water partition coefficient (Wildman–Crippen LogP) is 1.81. The summed E-state index contributed by atoms with van der Waals surface area (Å²) in [4.78, 5) is 16.0. The maximum atomic E-state index is 12.0. The molecule has 82 valence electrons. The van der Waals surface area contributed by atoms with Crippen molar-refractivity contribution >= 4 is 27.4 Å². The highest BCUT2D eigenvalue weighted by molar-refractivity contribution is 9.10. The van der Waals surface area contributed by atoms with Crippen LogP contribution in [0.3, 0.4) is 0 Å². The predicted molar refractivity (Wildman–Crippen MR) is 68.9 cm³/mol. The van der Waals surface area contributed by atoms with E-state index in [4.69, 9.17) is 0 Å². The van der Waals surface area contributed by atoms with Gasteiger partial charge in [0.2, 0.25) is 0 Å². The van der Waals surface area contributed by atoms with Crippen LogP contribution >= 0.6 is 15.9 Å². The van der Waals surface area contributed by atoms with Gasteiger partial charge in [0.05, 0.1) is 10.9 Å². The molecule has 1 aliphatic heterocycles. The van der Waals surface area contributed by atoms with E-state index in [9.17, 15) is 4.79 Å². The number of nitrogens with zero attached hydrogens (tertiary/aromatic N) is 1. The van der Waals surface area contributed by atoms with Crippen molar-refractivity contribution in [3.63, 3.8) is 0 Å². The van der Waals surface area contributed by atoms with Gasteiger partial charge in [-0.1, -0.05) is 52.3 Å². The number of hydrogen-bond acceptors (Lipinski definition) is 1. The molecule has 1 aliphatic rings. The first-order valence-corrected chi connectivity index (χ1v) is 6.04. The van der Waals surface area contributed by atoms with E-state index in [2.05, 4.69) is 20.9 Å². The van der Waals surface area contributed by atoms with Crippen LogP contribution in [0.5, 0.6) is 0 Å². The SMILES string of the molecule is O=C1N=c2cccc(Br)c2=C1c1ccccc1. The van der Waals surface area contributed by atoms with Gasteiger partial charge in [-0.2, -0.15) is 0 Å². The van der Waals surface area contributed by atoms with Crippen molar-refractivity contribution in [3.8, 4) is 0 Å². The average molecular weight is 286 g/mol. The van der Waals surface area contributed by atoms with E-state index in [1.807, 2.05) is 48.5 Å². The topological polar surface area (TPSA) is 29.4 Å². The minimum absolute atomic E-state index is 0.168. The van der Waals surface area contributed by atoms with Crippen LogP contribution in [0, 0.1) is 0 Å². The second-order valence-electron chi connectivity index (χ2n) is 3.79. The van der Waals surface area contributed by atoms with Gasteiger partial charge in [0, 0.05) is 9.69 Å². The Kier molecular flexibility index (Phi) is 2.41. The molecule has 0 aromatic heterocycles. The van der Waals surface area contributed by atoms with Crippen LogP contribution in [-0.2, 0) is 4.79 Å². The number of carbonyl (C=O) groups is 1. The summed E-state index contributed by atoms with van der Waals surface area (Å²) in [6.07, 6.45) is 0. The van der Waals surface area contributed by atoms with Crippen LogP contribution < -0.4 is 10.6 Å². The molecule has 1 heterocycles. The Bertz CT molecular complexity index is 720. The first-order valence-electron chi connectivity index (χ1n) is 5.25. The molecule has 0 aliphatic carbocycles. The summed E-state index contributed by atoms with van der Waals surface area (Å²) >= 11 is 3.48. The van der Waals surface area contributed by atoms with E-state index < -0.39 is 0 Å². The highest BCUT2D eigenvalue weighted by Crippen LogP contribution is 2.16. The first kappa shape index (κ1) is 10.4. The molecule has 0 bridgehead atoms. The van der Waals surface area contributed by atoms with Crippen molar-refractivity contribution in [1.82, 2.24) is 0 Å². The van der Waals surface area contributed by atoms with Crippen LogP contribution in [0.15, 0.2) is 58.0 Å². The molecule has 1 amide bonds. The Balaban J connectivity index is 2.45. The van der Waals surface area contributed by atoms with Crippen LogP contribution in [-0.4, -0.2) is 5.91 Å². The number of halogens is 1. The van der Waals surface area contributed by atoms with Gasteiger partial charge < -0.3 is 0 Å². The third-order valence-corrected chi connectivity index (χ3v) is 3.40. The van der Waals surface area contributed by atoms with Gasteiger partial charge in [0.15, 0.2) is 0 Å². The molecule has 17 heavy (non-hydrogen) atoms. The Labute approximate surface area is 106 Å². The largest absolute Gasteiger partial charge is 0.278 e. The number of hydrogen-bond donors (Lipinski definition) is 0. The Morgan fingerprint density at radius 2 is 1.71 bits per heavy atom. The molecule has 3 heteroatoms. The van der Waals surface area contributed by atoms with Crippen molar-refractivity contribution in [1.29, 1.82) is 0 Å². The maximum absolute atomic E-state index is 12.0. The maximum Gasteiger partial charge on any atom is 0.278 e. The molecule has 2 aromatic rings. The van der Waals surface area contributed by atoms with Gasteiger partial charge in [-0.25, -0.2) is 4.99 Å². The van der Waals surface area contributed by atoms with Crippen LogP contribution in [0.25, 0.3) is 5.57 Å². The molecule has 2 nitrogen and oxygen atoms in total. The fourth-order valence-electron chi connectivity index (χ4n) is 2.00. The van der Waals surface area contributed by atoms with Crippen LogP contribution in [0.1, 0.15) is 5.56 Å². The van der Waals surface area contributed by atoms with E-state index in [-0.39, 0.29) is 5.91 Å². The third-order valence-electron chi connectivity index (χ3n) is 2.74. The Hall–Kier alpha value is -1.74. The fraction of sp³-hybridized carbons (Fsp3) is 0. The summed E-state index contributed by atoms with van der Waals surface area (Å²) < 4.78 is 0.906. The van der Waals surface area contributed by atoms with Crippen LogP contribution in [0.4, 0.5) is 0 Å². The van der Waals surface area contributed by atoms with Gasteiger partial charge >= 0.3 is 0 Å². The number of rotatable bonds is 1. The zero-order valence-electron chi connectivity index (χ0n) is 8.85. The molecule has 0 atom stereocenters. The van der Waals surface area contributed by atoms with E-state index >= 15 is 0 Å². The van der Waals surface area contributed by atoms with Crippen molar-refractivity contribution in [2.24, 2.45) is 4.99 Å². The normalized spacial score (nSPS) is 13.5. The molecule has 0 radical (unpaired) electrons. The Morgan fingerprint density at radius 1 is 0.941 bits per heavy atom. The zero-order valence-corrected chi connectivity index (χ0v) is 10.4. The summed E-state index contributed by atoms with van der Waals surface area (Å²) in [5.41, 5.74) is 1.58. The number of amides is 1. The molecule has 3 rings (SSSR count). The Morgan fingerprint density at radius 3 is 2.47 bits per heavy atom. The lowest BCUT2D eigenvalue weighted by Crippen LogP contribution is -2.24. The van der Waals surface area contributed by atoms with E-state index in [0.717, 1.165) is 20.6 Å². The summed E-state index contributed by atoms with van der Waals surface area (Å²) in [5, 5.41) is 1.63. The molecular weight excluding hydrogens is 278 g/mol. The lowest BCUT2D eigenvalue weighted by Gasteiger charge is -2.00. The average Bonchev–Trinajstić information content (AvgIpc) is 2.68. The zero-order chi connectivity index (χ0) is 11.8. The fourth-order valence-corrected chi connectivity index (χ4v) is 2.55. The van der Waals surface area contributed by atoms with Gasteiger partial charge in [-0.3, -0.25) is 4.79 Å². The summed E-state index contributed by atoms with van der Waals surface area (Å²) in [6.45, 7) is 0. The highest BCUT2D eigenvalue weighted by Gasteiger charge is 2.19. The highest BCUT2D eigenvalue weighted by atomic mass is 79.9. The van der Waals surface area contributed by atoms with Gasteiger partial charge in [-0.15, -0.1) is 0 Å². The van der Waals surface area contributed by atoms with Crippen molar-refractivity contribution in [2.75, 3.05) is 0 Å². The van der Waals surface area contributed by atoms with Gasteiger partial charge in [0.1, 0.15) is 0 Å². The second kappa shape index (κ2) is 3.93. The van der Waals surface area contributed by atoms with Crippen molar-refractivity contribution in [3.05, 3.63) is 69.1 Å². The molecule has 0 spiro atoms. The molecule has 2 aromatic carbocycles. The summed E-state index contributed by atoms with van der Waals surface area (Å²) in [5.74, 6) is -0.168. The monoisotopic (exact) mass is 285 g/mol. The van der Waals surface area contributed by atoms with Crippen molar-refractivity contribution in [2.45, 2.75) is 0 Å². The standard InChI is InChI=1S/C14H8BrNO/c15-10-7-4-8-11-13(10)12(14(17)16-11)9-5-2-1-3-6-9/h1-8H. The molecule has 0 saturated carbocycles. The molecule has 0 unspecified atom stereocenters. The lowest BCUT2D eigenvalue weighted by molar-refractivity contribution is -0.112. The van der Waals surface area contributed by atoms with Gasteiger partial charge in [-0.05, 0) is 17.7 Å². The molecule has 0 saturated heterocycles. The summed E-state index contributed by atoms with van der Waals surface area (Å²) in [7, 11) is 0. The molecule has 0 N–H and O–H groups in total. The minimum atomic E-state index is -0.168. The molecule has 0 fully saturated rings. The van der Waals surface area contributed by atoms with Gasteiger partial charge in [0.25, 0.3) is 5.91 Å². The minimum Gasteiger partial charge on any atom is -0.267 e. The number of benzene rings is 2. The number of fused-ring (bicyclic) bond motifs is 1. The van der Waals surface area contributed by atoms with Crippen molar-refractivity contribution < 1.29 is 4.79 Å². The lowest BCUT2D eigenvalue weighted by atomic mass is 10.0. The van der Waals surface area contributed by atoms with E-state index in [0.29, 0.717) is 5.57 Å². The quantitative estimate of drug-likeness (QED) is 0.786. The third kappa shape index (κ3) is 1.63. The second-order valence-corrected chi connectivity index (χ2v) is 4.65. The smallest absolute Gasteiger partial charge is 0.267 e. The molecular formula is C14H8BrNO. The number of carbonyl (C=O) groups excluding carboxylic acids is 1. The summed E-state index contributed by atoms with van der Waals surface area (Å²) in [6, 6.07) is 15.3.